The maximum Gasteiger partial charge on any atom is 0.325 e. The van der Waals surface area contributed by atoms with Crippen LogP contribution in [0.3, 0.4) is 0 Å². The number of anilines is 1. The number of esters is 1. The summed E-state index contributed by atoms with van der Waals surface area (Å²) in [5, 5.41) is 4.67. The molecule has 0 spiro atoms. The van der Waals surface area contributed by atoms with E-state index in [0.29, 0.717) is 12.4 Å². The molecule has 0 bridgehead atoms. The molecule has 4 nitrogen and oxygen atoms in total. The number of nitrogens with one attached hydrogen (secondary N) is 1. The Balaban J connectivity index is 2.22. The van der Waals surface area contributed by atoms with E-state index in [1.165, 1.54) is 11.3 Å². The van der Waals surface area contributed by atoms with Gasteiger partial charge in [0.2, 0.25) is 0 Å². The van der Waals surface area contributed by atoms with Crippen molar-refractivity contribution in [3.05, 3.63) is 10.9 Å². The van der Waals surface area contributed by atoms with E-state index in [4.69, 9.17) is 4.74 Å². The zero-order valence-electron chi connectivity index (χ0n) is 6.74. The van der Waals surface area contributed by atoms with Gasteiger partial charge < -0.3 is 10.1 Å². The van der Waals surface area contributed by atoms with Crippen LogP contribution in [0.1, 0.15) is 6.92 Å². The third kappa shape index (κ3) is 2.87. The van der Waals surface area contributed by atoms with Crippen LogP contribution < -0.4 is 5.32 Å². The number of carbonyl (C=O) groups is 1. The third-order valence-electron chi connectivity index (χ3n) is 1.15. The number of hydrogen-bond donors (Lipinski definition) is 1. The van der Waals surface area contributed by atoms with Crippen molar-refractivity contribution in [3.63, 3.8) is 0 Å². The van der Waals surface area contributed by atoms with Crippen molar-refractivity contribution >= 4 is 23.1 Å². The topological polar surface area (TPSA) is 51.2 Å². The van der Waals surface area contributed by atoms with Crippen molar-refractivity contribution in [1.29, 1.82) is 0 Å². The predicted octanol–water partition coefficient (Wildman–Crippen LogP) is 1.12. The van der Waals surface area contributed by atoms with Crippen LogP contribution in [0, 0.1) is 0 Å². The number of aromatic nitrogens is 1. The van der Waals surface area contributed by atoms with Crippen molar-refractivity contribution < 1.29 is 9.53 Å². The smallest absolute Gasteiger partial charge is 0.325 e. The molecular formula is C7H10N2O2S. The van der Waals surface area contributed by atoms with Crippen molar-refractivity contribution in [3.8, 4) is 0 Å². The molecule has 0 aromatic carbocycles. The number of rotatable bonds is 4. The van der Waals surface area contributed by atoms with Gasteiger partial charge in [0, 0.05) is 5.38 Å². The zero-order valence-corrected chi connectivity index (χ0v) is 7.56. The average molecular weight is 186 g/mol. The summed E-state index contributed by atoms with van der Waals surface area (Å²) in [4.78, 5) is 14.8. The van der Waals surface area contributed by atoms with Gasteiger partial charge in [-0.1, -0.05) is 0 Å². The summed E-state index contributed by atoms with van der Waals surface area (Å²) in [6.45, 7) is 2.37. The lowest BCUT2D eigenvalue weighted by atomic mass is 10.6. The molecule has 0 atom stereocenters. The summed E-state index contributed by atoms with van der Waals surface area (Å²) in [6, 6.07) is 0. The normalized spacial score (nSPS) is 9.42. The number of ether oxygens (including phenoxy) is 1. The fraction of sp³-hybridized carbons (Fsp3) is 0.429. The molecule has 1 rings (SSSR count). The van der Waals surface area contributed by atoms with E-state index in [1.54, 1.807) is 12.4 Å². The number of thiazole rings is 1. The first kappa shape index (κ1) is 8.99. The fourth-order valence-electron chi connectivity index (χ4n) is 0.675. The minimum atomic E-state index is -0.259. The molecule has 66 valence electrons. The Hall–Kier alpha value is -1.10. The quantitative estimate of drug-likeness (QED) is 0.716. The number of nitrogens with zero attached hydrogens (tertiary/aromatic N) is 1. The van der Waals surface area contributed by atoms with Crippen molar-refractivity contribution in [2.24, 2.45) is 0 Å². The second kappa shape index (κ2) is 4.71. The molecule has 0 aliphatic rings. The highest BCUT2D eigenvalue weighted by Crippen LogP contribution is 2.05. The first-order valence-electron chi connectivity index (χ1n) is 3.60. The van der Waals surface area contributed by atoms with E-state index in [0.717, 1.165) is 0 Å². The number of carbonyl (C=O) groups excluding carboxylic acids is 1. The van der Waals surface area contributed by atoms with Crippen LogP contribution in [0.2, 0.25) is 0 Å². The molecule has 0 saturated heterocycles. The highest BCUT2D eigenvalue weighted by molar-refractivity contribution is 7.07. The summed E-state index contributed by atoms with van der Waals surface area (Å²) in [7, 11) is 0. The molecule has 0 radical (unpaired) electrons. The lowest BCUT2D eigenvalue weighted by molar-refractivity contribution is -0.140. The molecule has 0 aliphatic heterocycles. The largest absolute Gasteiger partial charge is 0.465 e. The fourth-order valence-corrected chi connectivity index (χ4v) is 1.18. The van der Waals surface area contributed by atoms with Gasteiger partial charge in [-0.05, 0) is 6.92 Å². The van der Waals surface area contributed by atoms with Crippen LogP contribution in [0.25, 0.3) is 0 Å². The lowest BCUT2D eigenvalue weighted by Crippen LogP contribution is -2.16. The van der Waals surface area contributed by atoms with Crippen LogP contribution >= 0.6 is 11.3 Å². The van der Waals surface area contributed by atoms with Gasteiger partial charge in [0.15, 0.2) is 0 Å². The number of hydrogen-bond acceptors (Lipinski definition) is 5. The monoisotopic (exact) mass is 186 g/mol. The highest BCUT2D eigenvalue weighted by atomic mass is 32.1. The molecule has 0 amide bonds. The molecule has 0 fully saturated rings. The maximum absolute atomic E-state index is 10.8. The van der Waals surface area contributed by atoms with Crippen LogP contribution in [-0.4, -0.2) is 24.1 Å². The van der Waals surface area contributed by atoms with Gasteiger partial charge in [0.25, 0.3) is 0 Å². The Bertz CT molecular complexity index is 236. The van der Waals surface area contributed by atoms with Gasteiger partial charge in [0.05, 0.1) is 12.1 Å². The Morgan fingerprint density at radius 3 is 3.25 bits per heavy atom. The van der Waals surface area contributed by atoms with Crippen molar-refractivity contribution in [1.82, 2.24) is 4.98 Å². The van der Waals surface area contributed by atoms with E-state index in [2.05, 4.69) is 10.3 Å². The van der Waals surface area contributed by atoms with Crippen LogP contribution in [-0.2, 0) is 9.53 Å². The van der Waals surface area contributed by atoms with E-state index >= 15 is 0 Å². The molecule has 1 N–H and O–H groups in total. The summed E-state index contributed by atoms with van der Waals surface area (Å²) in [5.74, 6) is 0.457. The second-order valence-electron chi connectivity index (χ2n) is 2.03. The molecule has 1 aromatic rings. The van der Waals surface area contributed by atoms with Crippen LogP contribution in [0.15, 0.2) is 10.9 Å². The van der Waals surface area contributed by atoms with E-state index < -0.39 is 0 Å². The van der Waals surface area contributed by atoms with E-state index in [1.807, 2.05) is 5.38 Å². The molecule has 0 saturated carbocycles. The van der Waals surface area contributed by atoms with E-state index in [-0.39, 0.29) is 12.5 Å². The maximum atomic E-state index is 10.8. The van der Waals surface area contributed by atoms with Crippen molar-refractivity contribution in [2.45, 2.75) is 6.92 Å². The van der Waals surface area contributed by atoms with Crippen molar-refractivity contribution in [2.75, 3.05) is 18.5 Å². The van der Waals surface area contributed by atoms with Gasteiger partial charge in [0.1, 0.15) is 12.4 Å². The van der Waals surface area contributed by atoms with Gasteiger partial charge in [-0.15, -0.1) is 11.3 Å². The minimum Gasteiger partial charge on any atom is -0.465 e. The molecule has 1 heterocycles. The molecule has 0 unspecified atom stereocenters. The first-order valence-corrected chi connectivity index (χ1v) is 4.55. The Kier molecular flexibility index (Phi) is 3.53. The van der Waals surface area contributed by atoms with Crippen LogP contribution in [0.4, 0.5) is 5.82 Å². The Labute approximate surface area is 74.6 Å². The lowest BCUT2D eigenvalue weighted by Gasteiger charge is -2.01. The average Bonchev–Trinajstić information content (AvgIpc) is 2.53. The Morgan fingerprint density at radius 1 is 1.83 bits per heavy atom. The Morgan fingerprint density at radius 2 is 2.67 bits per heavy atom. The first-order chi connectivity index (χ1) is 5.83. The summed E-state index contributed by atoms with van der Waals surface area (Å²) < 4.78 is 4.71. The predicted molar refractivity (Wildman–Crippen MR) is 47.2 cm³/mol. The zero-order chi connectivity index (χ0) is 8.81. The minimum absolute atomic E-state index is 0.178. The van der Waals surface area contributed by atoms with Gasteiger partial charge in [-0.3, -0.25) is 4.79 Å². The highest BCUT2D eigenvalue weighted by Gasteiger charge is 2.00. The van der Waals surface area contributed by atoms with E-state index in [9.17, 15) is 4.79 Å². The molecule has 12 heavy (non-hydrogen) atoms. The van der Waals surface area contributed by atoms with Gasteiger partial charge in [-0.2, -0.15) is 0 Å². The van der Waals surface area contributed by atoms with Crippen LogP contribution in [0.5, 0.6) is 0 Å². The summed E-state index contributed by atoms with van der Waals surface area (Å²) in [5.41, 5.74) is 1.70. The summed E-state index contributed by atoms with van der Waals surface area (Å²) in [6.07, 6.45) is 0. The third-order valence-corrected chi connectivity index (χ3v) is 1.74. The standard InChI is InChI=1S/C7H10N2O2S/c1-2-11-7(10)3-8-6-4-12-5-9-6/h4-5,8H,2-3H2,1H3. The van der Waals surface area contributed by atoms with Gasteiger partial charge in [-0.25, -0.2) is 4.98 Å². The SMILES string of the molecule is CCOC(=O)CNc1cscn1. The second-order valence-corrected chi connectivity index (χ2v) is 2.75. The molecule has 5 heteroatoms. The molecule has 1 aromatic heterocycles. The van der Waals surface area contributed by atoms with Gasteiger partial charge >= 0.3 is 5.97 Å². The molecule has 0 aliphatic carbocycles. The molecular weight excluding hydrogens is 176 g/mol. The summed E-state index contributed by atoms with van der Waals surface area (Å²) >= 11 is 1.48.